The lowest BCUT2D eigenvalue weighted by Crippen LogP contribution is -2.41. The molecule has 0 bridgehead atoms. The fraction of sp³-hybridized carbons (Fsp3) is 0.462. The summed E-state index contributed by atoms with van der Waals surface area (Å²) in [7, 11) is 2.02. The van der Waals surface area contributed by atoms with E-state index in [4.69, 9.17) is 10.2 Å². The van der Waals surface area contributed by atoms with Crippen LogP contribution in [0.3, 0.4) is 0 Å². The Labute approximate surface area is 100 Å². The van der Waals surface area contributed by atoms with E-state index < -0.39 is 0 Å². The van der Waals surface area contributed by atoms with Crippen LogP contribution < -0.4 is 10.6 Å². The maximum absolute atomic E-state index is 5.79. The summed E-state index contributed by atoms with van der Waals surface area (Å²) in [6.07, 6.45) is 2.23. The molecule has 90 valence electrons. The van der Waals surface area contributed by atoms with Gasteiger partial charge in [0.25, 0.3) is 6.01 Å². The first-order valence-electron chi connectivity index (χ1n) is 6.04. The van der Waals surface area contributed by atoms with Crippen molar-refractivity contribution in [3.8, 4) is 0 Å². The number of hydrogen-bond acceptors (Lipinski definition) is 4. The van der Waals surface area contributed by atoms with E-state index in [-0.39, 0.29) is 0 Å². The first-order chi connectivity index (χ1) is 8.22. The van der Waals surface area contributed by atoms with E-state index in [2.05, 4.69) is 9.88 Å². The Balaban J connectivity index is 1.74. The quantitative estimate of drug-likeness (QED) is 0.877. The molecule has 0 aliphatic heterocycles. The Morgan fingerprint density at radius 2 is 2.18 bits per heavy atom. The summed E-state index contributed by atoms with van der Waals surface area (Å²) >= 11 is 0. The van der Waals surface area contributed by atoms with Gasteiger partial charge in [0, 0.05) is 19.6 Å². The molecule has 4 heteroatoms. The van der Waals surface area contributed by atoms with Crippen LogP contribution in [0.25, 0.3) is 11.1 Å². The van der Waals surface area contributed by atoms with E-state index in [9.17, 15) is 0 Å². The van der Waals surface area contributed by atoms with Gasteiger partial charge in [0.2, 0.25) is 0 Å². The van der Waals surface area contributed by atoms with Crippen molar-refractivity contribution in [2.75, 3.05) is 18.5 Å². The third kappa shape index (κ3) is 2.00. The molecule has 1 heterocycles. The Bertz CT molecular complexity index is 483. The molecule has 0 atom stereocenters. The van der Waals surface area contributed by atoms with E-state index in [0.717, 1.165) is 30.5 Å². The lowest BCUT2D eigenvalue weighted by atomic mass is 9.81. The van der Waals surface area contributed by atoms with Gasteiger partial charge >= 0.3 is 0 Å². The zero-order valence-electron chi connectivity index (χ0n) is 9.97. The van der Waals surface area contributed by atoms with Gasteiger partial charge in [0.15, 0.2) is 5.58 Å². The van der Waals surface area contributed by atoms with Crippen LogP contribution in [-0.4, -0.2) is 24.6 Å². The number of hydrogen-bond donors (Lipinski definition) is 1. The van der Waals surface area contributed by atoms with Crippen LogP contribution >= 0.6 is 0 Å². The molecule has 1 aromatic heterocycles. The first kappa shape index (κ1) is 10.6. The molecular formula is C13H17N3O. The zero-order valence-corrected chi connectivity index (χ0v) is 9.97. The molecule has 2 N–H and O–H groups in total. The predicted octanol–water partition coefficient (Wildman–Crippen LogP) is 2.00. The second-order valence-electron chi connectivity index (χ2n) is 4.94. The van der Waals surface area contributed by atoms with Crippen LogP contribution in [0.4, 0.5) is 6.01 Å². The highest BCUT2D eigenvalue weighted by molar-refractivity contribution is 5.74. The minimum absolute atomic E-state index is 0.400. The second kappa shape index (κ2) is 4.04. The van der Waals surface area contributed by atoms with Crippen LogP contribution in [0.5, 0.6) is 0 Å². The van der Waals surface area contributed by atoms with Gasteiger partial charge in [0.05, 0.1) is 0 Å². The van der Waals surface area contributed by atoms with Crippen molar-refractivity contribution in [2.24, 2.45) is 11.7 Å². The van der Waals surface area contributed by atoms with Gasteiger partial charge in [-0.3, -0.25) is 0 Å². The lowest BCUT2D eigenvalue weighted by Gasteiger charge is -2.34. The molecule has 1 aliphatic carbocycles. The van der Waals surface area contributed by atoms with E-state index in [1.165, 1.54) is 0 Å². The zero-order chi connectivity index (χ0) is 11.8. The van der Waals surface area contributed by atoms with Gasteiger partial charge in [-0.25, -0.2) is 0 Å². The van der Waals surface area contributed by atoms with Gasteiger partial charge in [-0.05, 0) is 30.9 Å². The van der Waals surface area contributed by atoms with E-state index in [1.807, 2.05) is 31.3 Å². The monoisotopic (exact) mass is 231 g/mol. The summed E-state index contributed by atoms with van der Waals surface area (Å²) in [6, 6.07) is 8.94. The molecule has 3 rings (SSSR count). The van der Waals surface area contributed by atoms with Crippen molar-refractivity contribution < 1.29 is 4.42 Å². The van der Waals surface area contributed by atoms with E-state index in [1.54, 1.807) is 0 Å². The Kier molecular flexibility index (Phi) is 2.52. The van der Waals surface area contributed by atoms with Crippen LogP contribution in [0.2, 0.25) is 0 Å². The number of para-hydroxylation sites is 2. The van der Waals surface area contributed by atoms with E-state index >= 15 is 0 Å². The first-order valence-corrected chi connectivity index (χ1v) is 6.04. The summed E-state index contributed by atoms with van der Waals surface area (Å²) in [5.41, 5.74) is 7.55. The molecule has 17 heavy (non-hydrogen) atoms. The molecule has 1 aromatic carbocycles. The minimum Gasteiger partial charge on any atom is -0.423 e. The molecule has 1 saturated carbocycles. The van der Waals surface area contributed by atoms with Crippen LogP contribution in [-0.2, 0) is 0 Å². The van der Waals surface area contributed by atoms with Gasteiger partial charge in [0.1, 0.15) is 5.52 Å². The smallest absolute Gasteiger partial charge is 0.298 e. The number of nitrogens with two attached hydrogens (primary N) is 1. The third-order valence-electron chi connectivity index (χ3n) is 3.41. The van der Waals surface area contributed by atoms with Crippen molar-refractivity contribution in [3.63, 3.8) is 0 Å². The van der Waals surface area contributed by atoms with Crippen LogP contribution in [0.1, 0.15) is 12.8 Å². The normalized spacial score (nSPS) is 23.6. The Hall–Kier alpha value is -1.55. The average Bonchev–Trinajstić information content (AvgIpc) is 2.70. The molecule has 0 radical (unpaired) electrons. The standard InChI is InChI=1S/C13H17N3O/c1-16(8-9-6-10(14)7-9)13-15-11-4-2-3-5-12(11)17-13/h2-5,9-10H,6-8,14H2,1H3. The molecule has 1 aliphatic rings. The van der Waals surface area contributed by atoms with Crippen molar-refractivity contribution in [2.45, 2.75) is 18.9 Å². The van der Waals surface area contributed by atoms with E-state index in [0.29, 0.717) is 18.0 Å². The Morgan fingerprint density at radius 1 is 1.41 bits per heavy atom. The fourth-order valence-corrected chi connectivity index (χ4v) is 2.43. The average molecular weight is 231 g/mol. The molecule has 0 saturated heterocycles. The highest BCUT2D eigenvalue weighted by Crippen LogP contribution is 2.28. The fourth-order valence-electron chi connectivity index (χ4n) is 2.43. The lowest BCUT2D eigenvalue weighted by molar-refractivity contribution is 0.268. The Morgan fingerprint density at radius 3 is 2.88 bits per heavy atom. The highest BCUT2D eigenvalue weighted by Gasteiger charge is 2.27. The molecule has 4 nitrogen and oxygen atoms in total. The second-order valence-corrected chi connectivity index (χ2v) is 4.94. The summed E-state index contributed by atoms with van der Waals surface area (Å²) in [5, 5.41) is 0. The number of oxazole rings is 1. The predicted molar refractivity (Wildman–Crippen MR) is 68.0 cm³/mol. The highest BCUT2D eigenvalue weighted by atomic mass is 16.4. The summed E-state index contributed by atoms with van der Waals surface area (Å²) in [4.78, 5) is 6.55. The van der Waals surface area contributed by atoms with Crippen molar-refractivity contribution in [1.82, 2.24) is 4.98 Å². The summed E-state index contributed by atoms with van der Waals surface area (Å²) < 4.78 is 5.71. The summed E-state index contributed by atoms with van der Waals surface area (Å²) in [6.45, 7) is 0.973. The topological polar surface area (TPSA) is 55.3 Å². The number of nitrogens with zero attached hydrogens (tertiary/aromatic N) is 2. The van der Waals surface area contributed by atoms with Crippen molar-refractivity contribution >= 4 is 17.1 Å². The number of rotatable bonds is 3. The van der Waals surface area contributed by atoms with Crippen molar-refractivity contribution in [1.29, 1.82) is 0 Å². The number of aromatic nitrogens is 1. The van der Waals surface area contributed by atoms with Gasteiger partial charge in [-0.2, -0.15) is 4.98 Å². The van der Waals surface area contributed by atoms with Gasteiger partial charge in [-0.1, -0.05) is 12.1 Å². The maximum Gasteiger partial charge on any atom is 0.298 e. The number of benzene rings is 1. The third-order valence-corrected chi connectivity index (χ3v) is 3.41. The van der Waals surface area contributed by atoms with Gasteiger partial charge in [-0.15, -0.1) is 0 Å². The van der Waals surface area contributed by atoms with Crippen LogP contribution in [0.15, 0.2) is 28.7 Å². The molecule has 0 unspecified atom stereocenters. The van der Waals surface area contributed by atoms with Crippen molar-refractivity contribution in [3.05, 3.63) is 24.3 Å². The summed E-state index contributed by atoms with van der Waals surface area (Å²) in [5.74, 6) is 0.685. The number of anilines is 1. The largest absolute Gasteiger partial charge is 0.423 e. The molecule has 0 amide bonds. The number of fused-ring (bicyclic) bond motifs is 1. The molecule has 0 spiro atoms. The molecule has 1 fully saturated rings. The molecule has 2 aromatic rings. The van der Waals surface area contributed by atoms with Gasteiger partial charge < -0.3 is 15.1 Å². The molecular weight excluding hydrogens is 214 g/mol. The minimum atomic E-state index is 0.400. The maximum atomic E-state index is 5.79. The SMILES string of the molecule is CN(CC1CC(N)C1)c1nc2ccccc2o1. The van der Waals surface area contributed by atoms with Crippen LogP contribution in [0, 0.1) is 5.92 Å².